The van der Waals surface area contributed by atoms with E-state index in [-0.39, 0.29) is 10.8 Å². The van der Waals surface area contributed by atoms with Gasteiger partial charge in [0.15, 0.2) is 0 Å². The molecule has 1 aliphatic carbocycles. The van der Waals surface area contributed by atoms with E-state index in [9.17, 15) is 0 Å². The molecular weight excluding hydrogens is 558 g/mol. The standard InChI is InChI=1S/C44H47NO/c1-43(2,3)38-16-12-17-39(44(4,5)6)42(38)32-21-25-34(26-22-32)45(33-23-19-31(20-24-33)30-13-8-7-9-14-30)35-27-28-37-36-15-10-11-18-40(36)46-41(37)29-35/h10-12,15-30H,7-9,13-14H2,1-6H3. The minimum atomic E-state index is 0.0311. The van der Waals surface area contributed by atoms with Crippen molar-refractivity contribution >= 4 is 39.0 Å². The minimum absolute atomic E-state index is 0.0311. The number of hydrogen-bond acceptors (Lipinski definition) is 2. The van der Waals surface area contributed by atoms with Crippen LogP contribution in [0.25, 0.3) is 33.1 Å². The van der Waals surface area contributed by atoms with Gasteiger partial charge in [0.2, 0.25) is 0 Å². The fourth-order valence-electron chi connectivity index (χ4n) is 7.52. The topological polar surface area (TPSA) is 16.4 Å². The van der Waals surface area contributed by atoms with Crippen LogP contribution in [0.5, 0.6) is 0 Å². The molecule has 6 aromatic rings. The van der Waals surface area contributed by atoms with E-state index < -0.39 is 0 Å². The Hall–Kier alpha value is -4.30. The number of nitrogens with zero attached hydrogens (tertiary/aromatic N) is 1. The third kappa shape index (κ3) is 5.75. The van der Waals surface area contributed by atoms with Gasteiger partial charge in [-0.05, 0) is 99.9 Å². The lowest BCUT2D eigenvalue weighted by Crippen LogP contribution is -2.19. The highest BCUT2D eigenvalue weighted by atomic mass is 16.3. The van der Waals surface area contributed by atoms with Crippen molar-refractivity contribution in [3.8, 4) is 11.1 Å². The van der Waals surface area contributed by atoms with Crippen LogP contribution in [0.4, 0.5) is 17.1 Å². The molecule has 1 heterocycles. The van der Waals surface area contributed by atoms with Crippen LogP contribution in [0.3, 0.4) is 0 Å². The maximum absolute atomic E-state index is 6.35. The second-order valence-corrected chi connectivity index (χ2v) is 15.3. The van der Waals surface area contributed by atoms with Crippen LogP contribution in [-0.2, 0) is 10.8 Å². The number of benzene rings is 5. The average Bonchev–Trinajstić information content (AvgIpc) is 3.43. The van der Waals surface area contributed by atoms with Gasteiger partial charge >= 0.3 is 0 Å². The first-order valence-corrected chi connectivity index (χ1v) is 17.1. The van der Waals surface area contributed by atoms with Crippen LogP contribution in [-0.4, -0.2) is 0 Å². The molecular formula is C44H47NO. The first-order chi connectivity index (χ1) is 22.1. The van der Waals surface area contributed by atoms with Gasteiger partial charge in [0.1, 0.15) is 11.2 Å². The molecule has 2 heteroatoms. The highest BCUT2D eigenvalue weighted by Crippen LogP contribution is 2.43. The summed E-state index contributed by atoms with van der Waals surface area (Å²) in [5.41, 5.74) is 12.2. The van der Waals surface area contributed by atoms with Crippen molar-refractivity contribution in [3.05, 3.63) is 126 Å². The number of para-hydroxylation sites is 1. The Bertz CT molecular complexity index is 1940. The molecule has 0 saturated heterocycles. The number of anilines is 3. The zero-order valence-electron chi connectivity index (χ0n) is 28.4. The summed E-state index contributed by atoms with van der Waals surface area (Å²) in [7, 11) is 0. The van der Waals surface area contributed by atoms with Gasteiger partial charge in [0.05, 0.1) is 0 Å². The van der Waals surface area contributed by atoms with E-state index >= 15 is 0 Å². The molecule has 5 aromatic carbocycles. The number of hydrogen-bond donors (Lipinski definition) is 0. The van der Waals surface area contributed by atoms with E-state index in [0.29, 0.717) is 5.92 Å². The number of fused-ring (bicyclic) bond motifs is 3. The van der Waals surface area contributed by atoms with E-state index in [1.165, 1.54) is 59.9 Å². The Balaban J connectivity index is 1.34. The van der Waals surface area contributed by atoms with Gasteiger partial charge in [0, 0.05) is 33.9 Å². The summed E-state index contributed by atoms with van der Waals surface area (Å²) in [5.74, 6) is 0.683. The maximum atomic E-state index is 6.35. The van der Waals surface area contributed by atoms with Crippen LogP contribution < -0.4 is 4.90 Å². The van der Waals surface area contributed by atoms with Crippen LogP contribution in [0.1, 0.15) is 96.3 Å². The molecule has 7 rings (SSSR count). The Labute approximate surface area is 275 Å². The lowest BCUT2D eigenvalue weighted by molar-refractivity contribution is 0.443. The van der Waals surface area contributed by atoms with Crippen LogP contribution >= 0.6 is 0 Å². The van der Waals surface area contributed by atoms with E-state index in [4.69, 9.17) is 4.42 Å². The molecule has 0 unspecified atom stereocenters. The van der Waals surface area contributed by atoms with Crippen LogP contribution in [0.2, 0.25) is 0 Å². The molecule has 0 radical (unpaired) electrons. The monoisotopic (exact) mass is 605 g/mol. The van der Waals surface area contributed by atoms with Gasteiger partial charge in [-0.25, -0.2) is 0 Å². The SMILES string of the molecule is CC(C)(C)c1cccc(C(C)(C)C)c1-c1ccc(N(c2ccc(C3CCCCC3)cc2)c2ccc3c(c2)oc2ccccc23)cc1. The highest BCUT2D eigenvalue weighted by molar-refractivity contribution is 6.06. The van der Waals surface area contributed by atoms with Gasteiger partial charge in [-0.15, -0.1) is 0 Å². The van der Waals surface area contributed by atoms with Crippen molar-refractivity contribution in [1.82, 2.24) is 0 Å². The van der Waals surface area contributed by atoms with Crippen molar-refractivity contribution < 1.29 is 4.42 Å². The first-order valence-electron chi connectivity index (χ1n) is 17.1. The molecule has 1 aromatic heterocycles. The molecule has 0 bridgehead atoms. The predicted molar refractivity (Wildman–Crippen MR) is 197 cm³/mol. The predicted octanol–water partition coefficient (Wildman–Crippen LogP) is 13.4. The second kappa shape index (κ2) is 11.8. The van der Waals surface area contributed by atoms with E-state index in [1.54, 1.807) is 0 Å². The van der Waals surface area contributed by atoms with Crippen molar-refractivity contribution in [2.45, 2.75) is 90.4 Å². The molecule has 234 valence electrons. The first kappa shape index (κ1) is 30.4. The summed E-state index contributed by atoms with van der Waals surface area (Å²) in [5, 5.41) is 2.31. The molecule has 0 N–H and O–H groups in total. The van der Waals surface area contributed by atoms with Gasteiger partial charge < -0.3 is 9.32 Å². The van der Waals surface area contributed by atoms with Gasteiger partial charge in [-0.1, -0.05) is 121 Å². The zero-order chi connectivity index (χ0) is 32.1. The van der Waals surface area contributed by atoms with Crippen molar-refractivity contribution in [3.63, 3.8) is 0 Å². The lowest BCUT2D eigenvalue weighted by Gasteiger charge is -2.31. The maximum Gasteiger partial charge on any atom is 0.137 e. The Morgan fingerprint density at radius 3 is 1.74 bits per heavy atom. The molecule has 1 aliphatic rings. The number of furan rings is 1. The summed E-state index contributed by atoms with van der Waals surface area (Å²) in [4.78, 5) is 2.38. The van der Waals surface area contributed by atoms with E-state index in [2.05, 4.69) is 150 Å². The third-order valence-corrected chi connectivity index (χ3v) is 9.94. The normalized spacial score (nSPS) is 14.7. The summed E-state index contributed by atoms with van der Waals surface area (Å²) in [6, 6.07) is 40.4. The van der Waals surface area contributed by atoms with Gasteiger partial charge in [-0.3, -0.25) is 0 Å². The summed E-state index contributed by atoms with van der Waals surface area (Å²) >= 11 is 0. The van der Waals surface area contributed by atoms with Gasteiger partial charge in [0.25, 0.3) is 0 Å². The van der Waals surface area contributed by atoms with E-state index in [0.717, 1.165) is 39.0 Å². The molecule has 1 saturated carbocycles. The molecule has 2 nitrogen and oxygen atoms in total. The molecule has 1 fully saturated rings. The smallest absolute Gasteiger partial charge is 0.137 e. The molecule has 0 amide bonds. The van der Waals surface area contributed by atoms with Crippen LogP contribution in [0.15, 0.2) is 114 Å². The average molecular weight is 606 g/mol. The van der Waals surface area contributed by atoms with E-state index in [1.807, 2.05) is 6.07 Å². The highest BCUT2D eigenvalue weighted by Gasteiger charge is 2.26. The molecule has 0 atom stereocenters. The Morgan fingerprint density at radius 2 is 1.11 bits per heavy atom. The van der Waals surface area contributed by atoms with Crippen molar-refractivity contribution in [2.75, 3.05) is 4.90 Å². The third-order valence-electron chi connectivity index (χ3n) is 9.94. The lowest BCUT2D eigenvalue weighted by atomic mass is 9.74. The minimum Gasteiger partial charge on any atom is -0.456 e. The molecule has 0 aliphatic heterocycles. The second-order valence-electron chi connectivity index (χ2n) is 15.3. The number of rotatable bonds is 5. The largest absolute Gasteiger partial charge is 0.456 e. The summed E-state index contributed by atoms with van der Waals surface area (Å²) in [6.07, 6.45) is 6.68. The Kier molecular flexibility index (Phi) is 7.79. The zero-order valence-corrected chi connectivity index (χ0v) is 28.4. The fraction of sp³-hybridized carbons (Fsp3) is 0.318. The quantitative estimate of drug-likeness (QED) is 0.194. The van der Waals surface area contributed by atoms with Crippen molar-refractivity contribution in [1.29, 1.82) is 0 Å². The summed E-state index contributed by atoms with van der Waals surface area (Å²) in [6.45, 7) is 13.9. The molecule has 46 heavy (non-hydrogen) atoms. The fourth-order valence-corrected chi connectivity index (χ4v) is 7.52. The van der Waals surface area contributed by atoms with Gasteiger partial charge in [-0.2, -0.15) is 0 Å². The van der Waals surface area contributed by atoms with Crippen LogP contribution in [0, 0.1) is 0 Å². The Morgan fingerprint density at radius 1 is 0.543 bits per heavy atom. The van der Waals surface area contributed by atoms with Crippen molar-refractivity contribution in [2.24, 2.45) is 0 Å². The summed E-state index contributed by atoms with van der Waals surface area (Å²) < 4.78 is 6.35. The molecule has 0 spiro atoms.